The van der Waals surface area contributed by atoms with Crippen LogP contribution in [-0.2, 0) is 35.0 Å². The van der Waals surface area contributed by atoms with Crippen LogP contribution < -0.4 is 16.6 Å². The van der Waals surface area contributed by atoms with E-state index >= 15 is 0 Å². The monoisotopic (exact) mass is 514 g/mol. The maximum absolute atomic E-state index is 14.1. The summed E-state index contributed by atoms with van der Waals surface area (Å²) in [4.78, 5) is 43.3. The molecule has 1 saturated heterocycles. The van der Waals surface area contributed by atoms with Gasteiger partial charge in [0, 0.05) is 32.9 Å². The molecule has 1 aromatic carbocycles. The van der Waals surface area contributed by atoms with Gasteiger partial charge >= 0.3 is 5.69 Å². The normalized spacial score (nSPS) is 16.8. The molecule has 2 N–H and O–H groups in total. The lowest BCUT2D eigenvalue weighted by Crippen LogP contribution is -2.43. The van der Waals surface area contributed by atoms with Crippen LogP contribution in [0.5, 0.6) is 5.75 Å². The van der Waals surface area contributed by atoms with Crippen LogP contribution >= 0.6 is 0 Å². The largest absolute Gasteiger partial charge is 0.501 e. The van der Waals surface area contributed by atoms with Gasteiger partial charge in [-0.2, -0.15) is 9.78 Å². The fourth-order valence-corrected chi connectivity index (χ4v) is 4.77. The number of rotatable bonds is 4. The molecule has 1 fully saturated rings. The summed E-state index contributed by atoms with van der Waals surface area (Å²) in [7, 11) is 1.55. The maximum Gasteiger partial charge on any atom is 0.350 e. The first-order valence-electron chi connectivity index (χ1n) is 11.9. The van der Waals surface area contributed by atoms with Gasteiger partial charge in [-0.15, -0.1) is 0 Å². The smallest absolute Gasteiger partial charge is 0.350 e. The highest BCUT2D eigenvalue weighted by Crippen LogP contribution is 2.35. The van der Waals surface area contributed by atoms with Gasteiger partial charge in [0.05, 0.1) is 30.9 Å². The Balaban J connectivity index is 1.48. The molecule has 1 spiro atoms. The first kappa shape index (κ1) is 24.8. The van der Waals surface area contributed by atoms with Crippen LogP contribution in [0.4, 0.5) is 4.39 Å². The van der Waals surface area contributed by atoms with Gasteiger partial charge < -0.3 is 19.9 Å². The molecule has 0 saturated carbocycles. The summed E-state index contributed by atoms with van der Waals surface area (Å²) >= 11 is 0. The van der Waals surface area contributed by atoms with E-state index in [0.717, 1.165) is 10.7 Å². The zero-order valence-electron chi connectivity index (χ0n) is 20.5. The Morgan fingerprint density at radius 2 is 1.97 bits per heavy atom. The number of hydrogen-bond acceptors (Lipinski definition) is 8. The molecule has 12 nitrogen and oxygen atoms in total. The van der Waals surface area contributed by atoms with Crippen LogP contribution in [0.25, 0.3) is 5.69 Å². The summed E-state index contributed by atoms with van der Waals surface area (Å²) < 4.78 is 29.0. The molecule has 0 aliphatic carbocycles. The predicted octanol–water partition coefficient (Wildman–Crippen LogP) is 0.289. The predicted molar refractivity (Wildman–Crippen MR) is 127 cm³/mol. The molecule has 0 atom stereocenters. The van der Waals surface area contributed by atoms with Crippen molar-refractivity contribution in [3.8, 4) is 11.4 Å². The second-order valence-electron chi connectivity index (χ2n) is 9.29. The van der Waals surface area contributed by atoms with Crippen molar-refractivity contribution in [1.82, 2.24) is 29.2 Å². The van der Waals surface area contributed by atoms with E-state index in [0.29, 0.717) is 49.9 Å². The van der Waals surface area contributed by atoms with E-state index in [-0.39, 0.29) is 25.4 Å². The molecule has 3 aromatic rings. The second-order valence-corrected chi connectivity index (χ2v) is 9.29. The average Bonchev–Trinajstić information content (AvgIpc) is 3.04. The molecular formula is C24H27FN6O6. The van der Waals surface area contributed by atoms with Crippen LogP contribution in [0.2, 0.25) is 0 Å². The number of aromatic nitrogens is 5. The van der Waals surface area contributed by atoms with Crippen molar-refractivity contribution in [3.63, 3.8) is 0 Å². The number of nitrogens with one attached hydrogen (secondary N) is 1. The zero-order chi connectivity index (χ0) is 26.3. The lowest BCUT2D eigenvalue weighted by molar-refractivity contribution is 0.00413. The second kappa shape index (κ2) is 9.56. The minimum Gasteiger partial charge on any atom is -0.501 e. The first-order chi connectivity index (χ1) is 17.7. The van der Waals surface area contributed by atoms with E-state index in [4.69, 9.17) is 9.47 Å². The molecule has 0 bridgehead atoms. The van der Waals surface area contributed by atoms with Gasteiger partial charge in [-0.05, 0) is 31.4 Å². The van der Waals surface area contributed by atoms with Crippen LogP contribution in [0.15, 0.2) is 27.8 Å². The lowest BCUT2D eigenvalue weighted by Gasteiger charge is -2.35. The molecule has 4 heterocycles. The number of carbonyl (C=O) groups excluding carboxylic acids is 1. The number of ether oxygens (including phenoxy) is 2. The third-order valence-corrected chi connectivity index (χ3v) is 7.04. The highest BCUT2D eigenvalue weighted by Gasteiger charge is 2.41. The molecule has 5 rings (SSSR count). The van der Waals surface area contributed by atoms with Gasteiger partial charge in [0.15, 0.2) is 5.69 Å². The Kier molecular flexibility index (Phi) is 6.42. The number of hydrogen-bond donors (Lipinski definition) is 2. The van der Waals surface area contributed by atoms with Gasteiger partial charge in [-0.1, -0.05) is 6.07 Å². The standard InChI is InChI=1S/C24H27FN6O6/c1-14-28-31(23(35)29(14)2)17-11-16(25)4-3-15(17)12-26-20(33)18-19(32)21(34)30-7-10-37-13-24(22(30)27-18)5-8-36-9-6-24/h3-4,11,32H,5-10,12-13H2,1-2H3,(H,26,33). The lowest BCUT2D eigenvalue weighted by atomic mass is 9.80. The van der Waals surface area contributed by atoms with E-state index in [9.17, 15) is 23.9 Å². The van der Waals surface area contributed by atoms with Crippen molar-refractivity contribution in [1.29, 1.82) is 0 Å². The van der Waals surface area contributed by atoms with Gasteiger partial charge in [-0.3, -0.25) is 18.7 Å². The van der Waals surface area contributed by atoms with Crippen molar-refractivity contribution in [2.24, 2.45) is 7.05 Å². The number of aryl methyl sites for hydroxylation is 1. The van der Waals surface area contributed by atoms with Crippen LogP contribution in [0.1, 0.15) is 40.5 Å². The number of benzene rings is 1. The Morgan fingerprint density at radius 1 is 1.22 bits per heavy atom. The molecule has 196 valence electrons. The van der Waals surface area contributed by atoms with Crippen LogP contribution in [0, 0.1) is 12.7 Å². The quantitative estimate of drug-likeness (QED) is 0.506. The number of carbonyl (C=O) groups is 1. The Hall–Kier alpha value is -3.84. The fraction of sp³-hybridized carbons (Fsp3) is 0.458. The number of halogens is 1. The van der Waals surface area contributed by atoms with Crippen LogP contribution in [0.3, 0.4) is 0 Å². The zero-order valence-corrected chi connectivity index (χ0v) is 20.5. The molecular weight excluding hydrogens is 487 g/mol. The summed E-state index contributed by atoms with van der Waals surface area (Å²) in [6.45, 7) is 3.23. The number of aromatic hydroxyl groups is 1. The fourth-order valence-electron chi connectivity index (χ4n) is 4.77. The average molecular weight is 515 g/mol. The topological polar surface area (TPSA) is 143 Å². The van der Waals surface area contributed by atoms with E-state index in [1.54, 1.807) is 14.0 Å². The van der Waals surface area contributed by atoms with Crippen molar-refractivity contribution < 1.29 is 23.8 Å². The number of fused-ring (bicyclic) bond motifs is 2. The Morgan fingerprint density at radius 3 is 2.68 bits per heavy atom. The van der Waals surface area contributed by atoms with E-state index in [2.05, 4.69) is 15.4 Å². The molecule has 0 radical (unpaired) electrons. The van der Waals surface area contributed by atoms with Crippen molar-refractivity contribution in [2.75, 3.05) is 26.4 Å². The molecule has 2 aromatic heterocycles. The molecule has 2 aliphatic heterocycles. The summed E-state index contributed by atoms with van der Waals surface area (Å²) in [6, 6.07) is 3.77. The van der Waals surface area contributed by atoms with Crippen molar-refractivity contribution in [2.45, 2.75) is 38.3 Å². The van der Waals surface area contributed by atoms with Gasteiger partial charge in [0.1, 0.15) is 17.5 Å². The van der Waals surface area contributed by atoms with E-state index in [1.807, 2.05) is 0 Å². The van der Waals surface area contributed by atoms with Crippen molar-refractivity contribution in [3.05, 3.63) is 67.8 Å². The minimum atomic E-state index is -0.787. The summed E-state index contributed by atoms with van der Waals surface area (Å²) in [5.41, 5.74) is -1.65. The third-order valence-electron chi connectivity index (χ3n) is 7.04. The molecule has 2 aliphatic rings. The SMILES string of the molecule is Cc1nn(-c2cc(F)ccc2CNC(=O)c2nc3n(c(=O)c2O)CCOCC32CCOCC2)c(=O)n1C. The summed E-state index contributed by atoms with van der Waals surface area (Å²) in [5.74, 6) is -1.32. The van der Waals surface area contributed by atoms with E-state index in [1.165, 1.54) is 21.3 Å². The number of nitrogens with zero attached hydrogens (tertiary/aromatic N) is 5. The Bertz CT molecular complexity index is 1490. The third kappa shape index (κ3) is 4.33. The summed E-state index contributed by atoms with van der Waals surface area (Å²) in [6.07, 6.45) is 1.12. The molecule has 37 heavy (non-hydrogen) atoms. The minimum absolute atomic E-state index is 0.141. The molecule has 1 amide bonds. The first-order valence-corrected chi connectivity index (χ1v) is 11.9. The highest BCUT2D eigenvalue weighted by atomic mass is 19.1. The van der Waals surface area contributed by atoms with Crippen molar-refractivity contribution >= 4 is 5.91 Å². The van der Waals surface area contributed by atoms with Gasteiger partial charge in [0.25, 0.3) is 11.5 Å². The Labute approximate surface area is 210 Å². The molecule has 0 unspecified atom stereocenters. The van der Waals surface area contributed by atoms with E-state index < -0.39 is 39.8 Å². The van der Waals surface area contributed by atoms with Gasteiger partial charge in [-0.25, -0.2) is 14.2 Å². The van der Waals surface area contributed by atoms with Gasteiger partial charge in [0.2, 0.25) is 5.75 Å². The highest BCUT2D eigenvalue weighted by molar-refractivity contribution is 5.94. The maximum atomic E-state index is 14.1. The summed E-state index contributed by atoms with van der Waals surface area (Å²) in [5, 5.41) is 17.4. The number of amides is 1. The van der Waals surface area contributed by atoms with Crippen LogP contribution in [-0.4, -0.2) is 61.3 Å². The molecule has 13 heteroatoms.